The molecular formula is C50H29N5. The van der Waals surface area contributed by atoms with Crippen LogP contribution in [-0.4, -0.2) is 23.3 Å². The van der Waals surface area contributed by atoms with Crippen molar-refractivity contribution in [3.8, 4) is 16.8 Å². The molecule has 13 rings (SSSR count). The Labute approximate surface area is 313 Å². The quantitative estimate of drug-likeness (QED) is 0.180. The molecule has 55 heavy (non-hydrogen) atoms. The maximum atomic E-state index is 5.48. The van der Waals surface area contributed by atoms with Crippen molar-refractivity contribution in [2.75, 3.05) is 0 Å². The normalized spacial score (nSPS) is 12.4. The van der Waals surface area contributed by atoms with Crippen LogP contribution >= 0.6 is 0 Å². The Hall–Kier alpha value is -7.50. The standard InChI is InChI=1S/C50H29N5/c1-2-14-31(15-3-1)53-41-22-10-4-16-32(41)37-28-30(26-27-45(37)53)36-29-38-33-17-5-11-23-42(33)54-44-25-13-7-19-35(44)47-50(52-40-21-9-8-20-39(40)51-47)55-43-24-12-6-18-34(43)46(36)49(55)48(38)54/h1-29H. The number of hydrogen-bond acceptors (Lipinski definition) is 2. The highest BCUT2D eigenvalue weighted by molar-refractivity contribution is 6.29. The molecule has 5 heterocycles. The van der Waals surface area contributed by atoms with Gasteiger partial charge in [-0.25, -0.2) is 9.97 Å². The molecule has 0 fully saturated rings. The van der Waals surface area contributed by atoms with Crippen molar-refractivity contribution in [2.24, 2.45) is 0 Å². The van der Waals surface area contributed by atoms with Crippen LogP contribution < -0.4 is 0 Å². The summed E-state index contributed by atoms with van der Waals surface area (Å²) in [6.07, 6.45) is 0. The second kappa shape index (κ2) is 10.6. The minimum Gasteiger partial charge on any atom is -0.309 e. The fourth-order valence-corrected chi connectivity index (χ4v) is 9.49. The second-order valence-electron chi connectivity index (χ2n) is 14.6. The third-order valence-corrected chi connectivity index (χ3v) is 11.7. The Kier molecular flexibility index (Phi) is 5.57. The lowest BCUT2D eigenvalue weighted by molar-refractivity contribution is 1.18. The number of fused-ring (bicyclic) bond motifs is 15. The zero-order valence-electron chi connectivity index (χ0n) is 29.5. The molecule has 13 aromatic rings. The predicted octanol–water partition coefficient (Wildman–Crippen LogP) is 12.7. The Morgan fingerprint density at radius 2 is 0.927 bits per heavy atom. The van der Waals surface area contributed by atoms with Gasteiger partial charge >= 0.3 is 0 Å². The summed E-state index contributed by atoms with van der Waals surface area (Å²) in [5.74, 6) is 0. The number of para-hydroxylation sites is 7. The average Bonchev–Trinajstić information content (AvgIpc) is 3.88. The van der Waals surface area contributed by atoms with E-state index >= 15 is 0 Å². The molecule has 8 aromatic carbocycles. The number of rotatable bonds is 2. The van der Waals surface area contributed by atoms with E-state index in [1.807, 2.05) is 12.1 Å². The molecule has 254 valence electrons. The molecule has 0 spiro atoms. The fraction of sp³-hybridized carbons (Fsp3) is 0. The first-order valence-corrected chi connectivity index (χ1v) is 18.8. The Morgan fingerprint density at radius 3 is 1.69 bits per heavy atom. The van der Waals surface area contributed by atoms with Crippen molar-refractivity contribution in [3.05, 3.63) is 176 Å². The molecule has 0 saturated carbocycles. The summed E-state index contributed by atoms with van der Waals surface area (Å²) < 4.78 is 7.25. The fourth-order valence-electron chi connectivity index (χ4n) is 9.49. The number of benzene rings is 8. The van der Waals surface area contributed by atoms with Gasteiger partial charge in [0.1, 0.15) is 5.52 Å². The summed E-state index contributed by atoms with van der Waals surface area (Å²) >= 11 is 0. The molecule has 5 heteroatoms. The molecule has 0 aliphatic heterocycles. The largest absolute Gasteiger partial charge is 0.309 e. The van der Waals surface area contributed by atoms with Gasteiger partial charge in [-0.1, -0.05) is 109 Å². The van der Waals surface area contributed by atoms with Gasteiger partial charge in [-0.3, -0.25) is 4.40 Å². The van der Waals surface area contributed by atoms with E-state index in [9.17, 15) is 0 Å². The van der Waals surface area contributed by atoms with Crippen molar-refractivity contribution in [2.45, 2.75) is 0 Å². The summed E-state index contributed by atoms with van der Waals surface area (Å²) in [6.45, 7) is 0. The molecule has 0 radical (unpaired) electrons. The van der Waals surface area contributed by atoms with E-state index < -0.39 is 0 Å². The number of hydrogen-bond donors (Lipinski definition) is 0. The van der Waals surface area contributed by atoms with Gasteiger partial charge in [0.05, 0.1) is 49.7 Å². The van der Waals surface area contributed by atoms with Gasteiger partial charge in [-0.2, -0.15) is 0 Å². The Bertz CT molecular complexity index is 3770. The van der Waals surface area contributed by atoms with Crippen LogP contribution in [-0.2, 0) is 0 Å². The van der Waals surface area contributed by atoms with Crippen LogP contribution in [0.2, 0.25) is 0 Å². The van der Waals surface area contributed by atoms with Crippen molar-refractivity contribution in [3.63, 3.8) is 0 Å². The smallest absolute Gasteiger partial charge is 0.165 e. The lowest BCUT2D eigenvalue weighted by Gasteiger charge is -2.13. The Morgan fingerprint density at radius 1 is 0.364 bits per heavy atom. The van der Waals surface area contributed by atoms with Gasteiger partial charge in [0.15, 0.2) is 5.65 Å². The van der Waals surface area contributed by atoms with Crippen molar-refractivity contribution < 1.29 is 0 Å². The van der Waals surface area contributed by atoms with E-state index in [1.54, 1.807) is 0 Å². The van der Waals surface area contributed by atoms with Crippen LogP contribution in [0.5, 0.6) is 0 Å². The predicted molar refractivity (Wildman–Crippen MR) is 229 cm³/mol. The molecule has 5 aromatic heterocycles. The molecular weight excluding hydrogens is 671 g/mol. The zero-order valence-corrected chi connectivity index (χ0v) is 29.5. The highest BCUT2D eigenvalue weighted by Crippen LogP contribution is 2.46. The van der Waals surface area contributed by atoms with Gasteiger partial charge < -0.3 is 8.97 Å². The van der Waals surface area contributed by atoms with Crippen molar-refractivity contribution in [1.29, 1.82) is 0 Å². The van der Waals surface area contributed by atoms with Crippen LogP contribution in [0.1, 0.15) is 0 Å². The monoisotopic (exact) mass is 699 g/mol. The molecule has 0 aliphatic carbocycles. The SMILES string of the molecule is c1ccc(-n2c3ccccc3c3cc(-c4cc5c6ccccc6n6c7ccccc7c7nc8ccccc8nc7n7c8ccccc8c4c7c56)ccc32)cc1. The minimum absolute atomic E-state index is 0.841. The van der Waals surface area contributed by atoms with Gasteiger partial charge in [-0.15, -0.1) is 0 Å². The summed E-state index contributed by atoms with van der Waals surface area (Å²) in [6, 6.07) is 63.5. The molecule has 0 bridgehead atoms. The maximum absolute atomic E-state index is 5.48. The topological polar surface area (TPSA) is 39.5 Å². The van der Waals surface area contributed by atoms with Gasteiger partial charge in [0, 0.05) is 43.4 Å². The number of nitrogens with zero attached hydrogens (tertiary/aromatic N) is 5. The van der Waals surface area contributed by atoms with Gasteiger partial charge in [0.2, 0.25) is 0 Å². The molecule has 0 atom stereocenters. The van der Waals surface area contributed by atoms with Crippen LogP contribution in [0.25, 0.3) is 115 Å². The first-order valence-electron chi connectivity index (χ1n) is 18.8. The van der Waals surface area contributed by atoms with E-state index in [1.165, 1.54) is 65.5 Å². The maximum Gasteiger partial charge on any atom is 0.165 e. The second-order valence-corrected chi connectivity index (χ2v) is 14.6. The molecule has 0 N–H and O–H groups in total. The summed E-state index contributed by atoms with van der Waals surface area (Å²) in [5, 5.41) is 8.34. The summed E-state index contributed by atoms with van der Waals surface area (Å²) in [7, 11) is 0. The van der Waals surface area contributed by atoms with E-state index in [-0.39, 0.29) is 0 Å². The minimum atomic E-state index is 0.841. The third kappa shape index (κ3) is 3.76. The zero-order chi connectivity index (χ0) is 35.8. The van der Waals surface area contributed by atoms with E-state index in [4.69, 9.17) is 9.97 Å². The lowest BCUT2D eigenvalue weighted by atomic mass is 9.95. The average molecular weight is 700 g/mol. The number of aromatic nitrogens is 5. The Balaban J connectivity index is 1.29. The molecule has 0 saturated heterocycles. The van der Waals surface area contributed by atoms with Crippen LogP contribution in [0.3, 0.4) is 0 Å². The van der Waals surface area contributed by atoms with Crippen LogP contribution in [0.4, 0.5) is 0 Å². The summed E-state index contributed by atoms with van der Waals surface area (Å²) in [5.41, 5.74) is 15.1. The van der Waals surface area contributed by atoms with E-state index in [0.29, 0.717) is 0 Å². The highest BCUT2D eigenvalue weighted by atomic mass is 15.0. The first kappa shape index (κ1) is 29.0. The van der Waals surface area contributed by atoms with Gasteiger partial charge in [0.25, 0.3) is 0 Å². The molecule has 0 amide bonds. The molecule has 5 nitrogen and oxygen atoms in total. The molecule has 0 aliphatic rings. The van der Waals surface area contributed by atoms with Gasteiger partial charge in [-0.05, 0) is 77.9 Å². The third-order valence-electron chi connectivity index (χ3n) is 11.7. The van der Waals surface area contributed by atoms with Crippen molar-refractivity contribution in [1.82, 2.24) is 23.3 Å². The van der Waals surface area contributed by atoms with Crippen molar-refractivity contribution >= 4 is 98.5 Å². The van der Waals surface area contributed by atoms with Crippen LogP contribution in [0.15, 0.2) is 176 Å². The highest BCUT2D eigenvalue weighted by Gasteiger charge is 2.25. The van der Waals surface area contributed by atoms with E-state index in [0.717, 1.165) is 49.8 Å². The lowest BCUT2D eigenvalue weighted by Crippen LogP contribution is -1.98. The van der Waals surface area contributed by atoms with E-state index in [2.05, 4.69) is 177 Å². The molecule has 0 unspecified atom stereocenters. The summed E-state index contributed by atoms with van der Waals surface area (Å²) in [4.78, 5) is 10.9. The first-order chi connectivity index (χ1) is 27.3. The van der Waals surface area contributed by atoms with Crippen LogP contribution in [0, 0.1) is 0 Å².